The van der Waals surface area contributed by atoms with Gasteiger partial charge in [-0.1, -0.05) is 50.8 Å². The number of amides is 2. The van der Waals surface area contributed by atoms with Gasteiger partial charge in [0.25, 0.3) is 0 Å². The number of hydrogen-bond donors (Lipinski definition) is 2. The molecule has 9 heteroatoms. The van der Waals surface area contributed by atoms with E-state index in [1.165, 1.54) is 12.1 Å². The molecule has 0 spiro atoms. The van der Waals surface area contributed by atoms with Crippen LogP contribution in [0.1, 0.15) is 81.8 Å². The van der Waals surface area contributed by atoms with E-state index < -0.39 is 29.4 Å². The predicted octanol–water partition coefficient (Wildman–Crippen LogP) is 5.00. The van der Waals surface area contributed by atoms with Crippen LogP contribution in [-0.2, 0) is 15.7 Å². The number of aliphatic hydroxyl groups is 1. The summed E-state index contributed by atoms with van der Waals surface area (Å²) in [7, 11) is 0. The molecule has 6 nitrogen and oxygen atoms in total. The van der Waals surface area contributed by atoms with Crippen molar-refractivity contribution in [3.05, 3.63) is 35.4 Å². The quantitative estimate of drug-likeness (QED) is 0.534. The number of nitrogens with one attached hydrogen (secondary N) is 1. The van der Waals surface area contributed by atoms with E-state index in [9.17, 15) is 27.9 Å². The van der Waals surface area contributed by atoms with Gasteiger partial charge in [-0.25, -0.2) is 4.79 Å². The van der Waals surface area contributed by atoms with Crippen LogP contribution in [0.2, 0.25) is 0 Å². The number of rotatable bonds is 7. The highest BCUT2D eigenvalue weighted by Gasteiger charge is 2.46. The summed E-state index contributed by atoms with van der Waals surface area (Å²) >= 11 is 0. The summed E-state index contributed by atoms with van der Waals surface area (Å²) in [5.74, 6) is -1.41. The molecule has 1 aliphatic heterocycles. The number of carbonyl (C=O) groups excluding carboxylic acids is 2. The van der Waals surface area contributed by atoms with Gasteiger partial charge in [-0.15, -0.1) is 0 Å². The Labute approximate surface area is 198 Å². The number of unbranched alkanes of at least 4 members (excludes halogenated alkanes) is 1. The van der Waals surface area contributed by atoms with E-state index in [1.54, 1.807) is 4.90 Å². The molecule has 1 aliphatic carbocycles. The van der Waals surface area contributed by atoms with Crippen LogP contribution < -0.4 is 5.32 Å². The van der Waals surface area contributed by atoms with Gasteiger partial charge >= 0.3 is 12.3 Å². The second-order valence-corrected chi connectivity index (χ2v) is 9.45. The Morgan fingerprint density at radius 2 is 1.88 bits per heavy atom. The summed E-state index contributed by atoms with van der Waals surface area (Å²) < 4.78 is 45.2. The normalized spacial score (nSPS) is 20.0. The van der Waals surface area contributed by atoms with Gasteiger partial charge < -0.3 is 20.1 Å². The Bertz CT molecular complexity index is 832. The second-order valence-electron chi connectivity index (χ2n) is 9.45. The third-order valence-electron chi connectivity index (χ3n) is 6.91. The highest BCUT2D eigenvalue weighted by molar-refractivity contribution is 5.85. The van der Waals surface area contributed by atoms with E-state index in [0.29, 0.717) is 45.4 Å². The lowest BCUT2D eigenvalue weighted by Gasteiger charge is -2.42. The van der Waals surface area contributed by atoms with Crippen molar-refractivity contribution in [3.63, 3.8) is 0 Å². The van der Waals surface area contributed by atoms with Crippen LogP contribution >= 0.6 is 0 Å². The molecule has 2 amide bonds. The van der Waals surface area contributed by atoms with Gasteiger partial charge in [0.05, 0.1) is 23.7 Å². The van der Waals surface area contributed by atoms with Crippen LogP contribution in [0, 0.1) is 0 Å². The molecule has 2 N–H and O–H groups in total. The van der Waals surface area contributed by atoms with Gasteiger partial charge in [0, 0.05) is 19.1 Å². The molecule has 2 aliphatic rings. The maximum atomic E-state index is 13.6. The van der Waals surface area contributed by atoms with Crippen LogP contribution in [0.15, 0.2) is 24.3 Å². The average Bonchev–Trinajstić information content (AvgIpc) is 2.80. The van der Waals surface area contributed by atoms with Crippen LogP contribution in [0.4, 0.5) is 18.0 Å². The third kappa shape index (κ3) is 6.64. The van der Waals surface area contributed by atoms with E-state index >= 15 is 0 Å². The molecule has 1 saturated carbocycles. The number of nitrogens with zero attached hydrogens (tertiary/aromatic N) is 1. The largest absolute Gasteiger partial charge is 0.450 e. The minimum Gasteiger partial charge on any atom is -0.450 e. The molecular weight excluding hydrogens is 449 g/mol. The first-order valence-electron chi connectivity index (χ1n) is 12.3. The smallest absolute Gasteiger partial charge is 0.416 e. The van der Waals surface area contributed by atoms with E-state index in [1.807, 2.05) is 6.92 Å². The number of alkyl halides is 3. The Morgan fingerprint density at radius 1 is 1.21 bits per heavy atom. The lowest BCUT2D eigenvalue weighted by Crippen LogP contribution is -2.52. The van der Waals surface area contributed by atoms with Crippen LogP contribution in [0.5, 0.6) is 0 Å². The van der Waals surface area contributed by atoms with Crippen molar-refractivity contribution in [1.82, 2.24) is 10.2 Å². The first-order chi connectivity index (χ1) is 16.1. The Morgan fingerprint density at radius 3 is 2.50 bits per heavy atom. The highest BCUT2D eigenvalue weighted by atomic mass is 19.4. The van der Waals surface area contributed by atoms with E-state index in [2.05, 4.69) is 5.32 Å². The fourth-order valence-electron chi connectivity index (χ4n) is 4.97. The number of alkyl carbamates (subject to hydrolysis) is 1. The van der Waals surface area contributed by atoms with Gasteiger partial charge in [0.1, 0.15) is 0 Å². The van der Waals surface area contributed by atoms with Crippen LogP contribution in [0.25, 0.3) is 0 Å². The van der Waals surface area contributed by atoms with Crippen molar-refractivity contribution in [2.45, 2.75) is 88.4 Å². The number of hydrogen-bond acceptors (Lipinski definition) is 4. The van der Waals surface area contributed by atoms with Crippen LogP contribution in [0.3, 0.4) is 0 Å². The maximum absolute atomic E-state index is 13.6. The number of piperidine rings is 1. The molecule has 34 heavy (non-hydrogen) atoms. The monoisotopic (exact) mass is 484 g/mol. The second kappa shape index (κ2) is 11.4. The topological polar surface area (TPSA) is 78.9 Å². The molecule has 1 aromatic carbocycles. The predicted molar refractivity (Wildman–Crippen MR) is 121 cm³/mol. The number of ether oxygens (including phenoxy) is 1. The first-order valence-corrected chi connectivity index (χ1v) is 12.3. The lowest BCUT2D eigenvalue weighted by atomic mass is 9.71. The van der Waals surface area contributed by atoms with Gasteiger partial charge in [0.2, 0.25) is 5.91 Å². The summed E-state index contributed by atoms with van der Waals surface area (Å²) in [6.07, 6.45) is 0.875. The zero-order chi connectivity index (χ0) is 24.8. The molecule has 1 unspecified atom stereocenters. The minimum absolute atomic E-state index is 0.136. The van der Waals surface area contributed by atoms with Crippen molar-refractivity contribution < 1.29 is 32.6 Å². The van der Waals surface area contributed by atoms with Crippen molar-refractivity contribution in [2.75, 3.05) is 19.7 Å². The van der Waals surface area contributed by atoms with E-state index in [0.717, 1.165) is 44.2 Å². The fourth-order valence-corrected chi connectivity index (χ4v) is 4.97. The SMILES string of the molecule is CCCCOC(=O)NC1CCN(C(=O)C(c2cccc(C(F)(F)F)c2)C2(O)CCCCC2)CC1. The van der Waals surface area contributed by atoms with Gasteiger partial charge in [0.15, 0.2) is 0 Å². The molecule has 0 aromatic heterocycles. The summed E-state index contributed by atoms with van der Waals surface area (Å²) in [5, 5.41) is 14.3. The van der Waals surface area contributed by atoms with Crippen molar-refractivity contribution in [3.8, 4) is 0 Å². The number of benzene rings is 1. The molecule has 0 bridgehead atoms. The number of halogens is 3. The lowest BCUT2D eigenvalue weighted by molar-refractivity contribution is -0.143. The molecule has 2 fully saturated rings. The Balaban J connectivity index is 1.73. The van der Waals surface area contributed by atoms with E-state index in [4.69, 9.17) is 4.74 Å². The first kappa shape index (κ1) is 26.3. The average molecular weight is 485 g/mol. The zero-order valence-electron chi connectivity index (χ0n) is 19.7. The maximum Gasteiger partial charge on any atom is 0.416 e. The summed E-state index contributed by atoms with van der Waals surface area (Å²) in [4.78, 5) is 27.2. The molecule has 3 rings (SSSR count). The Hall–Kier alpha value is -2.29. The third-order valence-corrected chi connectivity index (χ3v) is 6.91. The molecule has 1 heterocycles. The van der Waals surface area contributed by atoms with Crippen molar-refractivity contribution in [2.24, 2.45) is 0 Å². The zero-order valence-corrected chi connectivity index (χ0v) is 19.7. The standard InChI is InChI=1S/C25H35F3N2O4/c1-2-3-16-34-23(32)29-20-10-14-30(15-11-20)22(31)21(24(33)12-5-4-6-13-24)18-8-7-9-19(17-18)25(26,27)28/h7-9,17,20-21,33H,2-6,10-16H2,1H3,(H,29,32). The van der Waals surface area contributed by atoms with Gasteiger partial charge in [-0.3, -0.25) is 4.79 Å². The summed E-state index contributed by atoms with van der Waals surface area (Å²) in [5.41, 5.74) is -2.01. The minimum atomic E-state index is -4.53. The van der Waals surface area contributed by atoms with Crippen molar-refractivity contribution >= 4 is 12.0 Å². The molecule has 1 atom stereocenters. The Kier molecular flexibility index (Phi) is 8.84. The molecule has 1 saturated heterocycles. The number of carbonyl (C=O) groups is 2. The molecule has 1 aromatic rings. The summed E-state index contributed by atoms with van der Waals surface area (Å²) in [6, 6.07) is 4.64. The van der Waals surface area contributed by atoms with E-state index in [-0.39, 0.29) is 17.5 Å². The van der Waals surface area contributed by atoms with Gasteiger partial charge in [-0.05, 0) is 43.7 Å². The number of likely N-dealkylation sites (tertiary alicyclic amines) is 1. The fraction of sp³-hybridized carbons (Fsp3) is 0.680. The molecule has 0 radical (unpaired) electrons. The van der Waals surface area contributed by atoms with Crippen LogP contribution in [-0.4, -0.2) is 53.3 Å². The molecular formula is C25H35F3N2O4. The molecule has 190 valence electrons. The highest BCUT2D eigenvalue weighted by Crippen LogP contribution is 2.42. The van der Waals surface area contributed by atoms with Crippen molar-refractivity contribution in [1.29, 1.82) is 0 Å². The summed E-state index contributed by atoms with van der Waals surface area (Å²) in [6.45, 7) is 3.07. The van der Waals surface area contributed by atoms with Gasteiger partial charge in [-0.2, -0.15) is 13.2 Å².